The van der Waals surface area contributed by atoms with E-state index in [1.807, 2.05) is 97.9 Å². The first-order valence-corrected chi connectivity index (χ1v) is 23.3. The van der Waals surface area contributed by atoms with Gasteiger partial charge in [0.1, 0.15) is 21.9 Å². The van der Waals surface area contributed by atoms with E-state index >= 15 is 8.60 Å². The van der Waals surface area contributed by atoms with Crippen LogP contribution >= 0.6 is 0 Å². The van der Waals surface area contributed by atoms with E-state index in [0.717, 1.165) is 27.8 Å². The van der Waals surface area contributed by atoms with E-state index in [0.29, 0.717) is 55.6 Å². The Labute approximate surface area is 324 Å². The molecule has 0 bridgehead atoms. The highest BCUT2D eigenvalue weighted by Gasteiger charge is 2.46. The topological polar surface area (TPSA) is 107 Å². The first-order chi connectivity index (χ1) is 26.1. The molecule has 55 heavy (non-hydrogen) atoms. The monoisotopic (exact) mass is 777 g/mol. The van der Waals surface area contributed by atoms with Crippen molar-refractivity contribution >= 4 is 30.0 Å². The van der Waals surface area contributed by atoms with Crippen LogP contribution in [0, 0.1) is 5.82 Å². The number of urea groups is 1. The Kier molecular flexibility index (Phi) is 9.09. The van der Waals surface area contributed by atoms with Crippen molar-refractivity contribution in [3.8, 4) is 5.88 Å². The molecule has 8 rings (SSSR count). The Morgan fingerprint density at radius 1 is 0.891 bits per heavy atom. The van der Waals surface area contributed by atoms with Crippen LogP contribution in [0.25, 0.3) is 0 Å². The van der Waals surface area contributed by atoms with Crippen molar-refractivity contribution in [2.24, 2.45) is 4.36 Å². The van der Waals surface area contributed by atoms with Gasteiger partial charge in [-0.15, -0.1) is 0 Å². The molecule has 0 spiro atoms. The Bertz CT molecular complexity index is 2280. The Morgan fingerprint density at radius 2 is 1.38 bits per heavy atom. The van der Waals surface area contributed by atoms with Crippen molar-refractivity contribution in [3.05, 3.63) is 142 Å². The van der Waals surface area contributed by atoms with E-state index < -0.39 is 35.4 Å². The highest BCUT2D eigenvalue weighted by molar-refractivity contribution is 7.92. The predicted molar refractivity (Wildman–Crippen MR) is 216 cm³/mol. The van der Waals surface area contributed by atoms with Crippen molar-refractivity contribution in [1.82, 2.24) is 14.5 Å². The zero-order valence-corrected chi connectivity index (χ0v) is 34.1. The lowest BCUT2D eigenvalue weighted by Gasteiger charge is -2.38. The van der Waals surface area contributed by atoms with E-state index in [2.05, 4.69) is 49.0 Å². The number of ether oxygens (including phenoxy) is 1. The van der Waals surface area contributed by atoms with Gasteiger partial charge in [0.2, 0.25) is 5.88 Å². The minimum atomic E-state index is -3.96. The summed E-state index contributed by atoms with van der Waals surface area (Å²) in [5.41, 5.74) is 3.58. The van der Waals surface area contributed by atoms with Crippen LogP contribution in [0.15, 0.2) is 106 Å². The molecule has 2 aliphatic carbocycles. The number of hydrogen-bond donors (Lipinski definition) is 2. The minimum absolute atomic E-state index is 0.00639. The summed E-state index contributed by atoms with van der Waals surface area (Å²) in [5, 5.41) is 7.67. The molecule has 286 valence electrons. The second kappa shape index (κ2) is 13.5. The number of amides is 2. The molecule has 1 aromatic heterocycles. The fourth-order valence-corrected chi connectivity index (χ4v) is 10.5. The summed E-state index contributed by atoms with van der Waals surface area (Å²) in [4.78, 5) is 14.5. The molecule has 2 atom stereocenters. The van der Waals surface area contributed by atoms with Gasteiger partial charge in [-0.1, -0.05) is 112 Å². The molecular formula is C43H48FN5O4SSi. The molecule has 0 unspecified atom stereocenters. The fraction of sp³-hybridized carbons (Fsp3) is 0.349. The Balaban J connectivity index is 1.29. The lowest BCUT2D eigenvalue weighted by atomic mass is 9.76. The summed E-state index contributed by atoms with van der Waals surface area (Å²) in [6, 6.07) is 28.3. The third-order valence-electron chi connectivity index (χ3n) is 11.9. The van der Waals surface area contributed by atoms with Crippen LogP contribution in [-0.2, 0) is 52.1 Å². The number of benzene rings is 4. The van der Waals surface area contributed by atoms with E-state index in [9.17, 15) is 4.79 Å². The summed E-state index contributed by atoms with van der Waals surface area (Å²) < 4.78 is 54.6. The number of aromatic nitrogens is 2. The summed E-state index contributed by atoms with van der Waals surface area (Å²) in [6.45, 7) is 13.6. The van der Waals surface area contributed by atoms with E-state index in [-0.39, 0.29) is 21.6 Å². The molecule has 12 heteroatoms. The van der Waals surface area contributed by atoms with Crippen LogP contribution in [0.5, 0.6) is 5.88 Å². The number of nitrogens with zero attached hydrogens (tertiary/aromatic N) is 3. The first kappa shape index (κ1) is 37.2. The molecule has 4 aromatic carbocycles. The van der Waals surface area contributed by atoms with E-state index in [4.69, 9.17) is 13.5 Å². The molecular weight excluding hydrogens is 730 g/mol. The fourth-order valence-electron chi connectivity index (χ4n) is 7.55. The number of rotatable bonds is 10. The number of fused-ring (bicyclic) bond motifs is 3. The molecule has 0 saturated heterocycles. The van der Waals surface area contributed by atoms with Crippen molar-refractivity contribution in [1.29, 1.82) is 0 Å². The molecule has 0 saturated carbocycles. The van der Waals surface area contributed by atoms with Crippen LogP contribution in [0.3, 0.4) is 0 Å². The summed E-state index contributed by atoms with van der Waals surface area (Å²) in [5.74, 6) is 0.104. The minimum Gasteiger partial charge on any atom is -0.466 e. The predicted octanol–water partition coefficient (Wildman–Crippen LogP) is 8.95. The summed E-state index contributed by atoms with van der Waals surface area (Å²) >= 11 is 0. The van der Waals surface area contributed by atoms with Crippen LogP contribution in [0.4, 0.5) is 14.9 Å². The van der Waals surface area contributed by atoms with E-state index in [1.54, 1.807) is 4.68 Å². The zero-order valence-electron chi connectivity index (χ0n) is 32.2. The lowest BCUT2D eigenvalue weighted by molar-refractivity contribution is 0.0449. The van der Waals surface area contributed by atoms with Gasteiger partial charge in [-0.05, 0) is 89.7 Å². The quantitative estimate of drug-likeness (QED) is 0.109. The molecule has 0 fully saturated rings. The van der Waals surface area contributed by atoms with Gasteiger partial charge in [-0.3, -0.25) is 0 Å². The number of anilines is 1. The second-order valence-electron chi connectivity index (χ2n) is 16.7. The average Bonchev–Trinajstić information content (AvgIpc) is 3.66. The molecule has 3 aliphatic rings. The molecule has 1 aliphatic heterocycles. The highest BCUT2D eigenvalue weighted by Crippen LogP contribution is 2.46. The second-order valence-corrected chi connectivity index (χ2v) is 23.3. The highest BCUT2D eigenvalue weighted by atomic mass is 32.2. The smallest absolute Gasteiger partial charge is 0.331 e. The Hall–Kier alpha value is -4.78. The van der Waals surface area contributed by atoms with Crippen molar-refractivity contribution in [3.63, 3.8) is 0 Å². The van der Waals surface area contributed by atoms with Gasteiger partial charge in [0.25, 0.3) is 0 Å². The molecule has 2 amide bonds. The Morgan fingerprint density at radius 3 is 1.84 bits per heavy atom. The third kappa shape index (κ3) is 6.37. The van der Waals surface area contributed by atoms with Gasteiger partial charge in [-0.2, -0.15) is 9.46 Å². The van der Waals surface area contributed by atoms with Gasteiger partial charge in [0, 0.05) is 5.69 Å². The van der Waals surface area contributed by atoms with Crippen LogP contribution in [-0.4, -0.2) is 40.5 Å². The van der Waals surface area contributed by atoms with Crippen LogP contribution < -0.4 is 14.8 Å². The van der Waals surface area contributed by atoms with Gasteiger partial charge in [-0.25, -0.2) is 22.8 Å². The maximum Gasteiger partial charge on any atom is 0.331 e. The maximum atomic E-state index is 16.2. The van der Waals surface area contributed by atoms with Gasteiger partial charge >= 0.3 is 6.03 Å². The van der Waals surface area contributed by atoms with Crippen molar-refractivity contribution in [2.45, 2.75) is 94.1 Å². The number of nitrogens with one attached hydrogen (secondary N) is 2. The normalized spacial score (nSPS) is 18.4. The first-order valence-electron chi connectivity index (χ1n) is 18.9. The number of carbonyl (C=O) groups is 1. The van der Waals surface area contributed by atoms with Gasteiger partial charge in [0.05, 0.1) is 19.3 Å². The number of halogens is 1. The van der Waals surface area contributed by atoms with Crippen LogP contribution in [0.1, 0.15) is 66.6 Å². The van der Waals surface area contributed by atoms with Crippen molar-refractivity contribution in [2.75, 3.05) is 11.9 Å². The molecule has 0 radical (unpaired) electrons. The SMILES string of the molecule is CC(C)(C)[Si](C)(C)OC[C@@]1(C)Cn2ncc([S@](=O)(=NC(c3ccccc3)(c3ccccc3)c3ccccc3)NC(=O)Nc3c4c(c(F)c5c3CC5)CC4)c2O1. The molecule has 2 N–H and O–H groups in total. The van der Waals surface area contributed by atoms with Crippen molar-refractivity contribution < 1.29 is 22.6 Å². The van der Waals surface area contributed by atoms with Gasteiger partial charge < -0.3 is 14.5 Å². The summed E-state index contributed by atoms with van der Waals surface area (Å²) in [7, 11) is -6.10. The molecule has 2 heterocycles. The van der Waals surface area contributed by atoms with Gasteiger partial charge in [0.15, 0.2) is 18.2 Å². The number of carbonyl (C=O) groups excluding carboxylic acids is 1. The zero-order chi connectivity index (χ0) is 38.8. The lowest BCUT2D eigenvalue weighted by Crippen LogP contribution is -2.47. The standard InChI is InChI=1S/C43H48FN5O4SSi/c1-41(2,3)55(5,6)52-28-42(4)27-49-39(53-42)36(26-45-49)54(51,47-40(50)46-38-34-24-22-32(34)37(44)33-23-25-35(33)38)48-43(29-16-10-7-11-17-29,30-18-12-8-13-19-30)31-20-14-9-15-21-31/h7-21,26H,22-25,27-28H2,1-6H3,(H2,46,47,48,50,51)/t42-,54-/m1/s1. The summed E-state index contributed by atoms with van der Waals surface area (Å²) in [6.07, 6.45) is 4.06. The van der Waals surface area contributed by atoms with E-state index in [1.165, 1.54) is 6.20 Å². The average molecular weight is 778 g/mol. The van der Waals surface area contributed by atoms with Crippen LogP contribution in [0.2, 0.25) is 18.1 Å². The largest absolute Gasteiger partial charge is 0.466 e. The maximum absolute atomic E-state index is 16.2. The molecule has 5 aromatic rings. The number of hydrogen-bond acceptors (Lipinski definition) is 6. The third-order valence-corrected chi connectivity index (χ3v) is 18.2. The molecule has 9 nitrogen and oxygen atoms in total.